The summed E-state index contributed by atoms with van der Waals surface area (Å²) in [5.74, 6) is 0.654. The summed E-state index contributed by atoms with van der Waals surface area (Å²) >= 11 is 0. The van der Waals surface area contributed by atoms with Gasteiger partial charge in [-0.2, -0.15) is 0 Å². The van der Waals surface area contributed by atoms with Crippen LogP contribution in [0, 0.1) is 11.3 Å². The van der Waals surface area contributed by atoms with Crippen LogP contribution in [-0.4, -0.2) is 24.7 Å². The maximum absolute atomic E-state index is 11.6. The predicted octanol–water partition coefficient (Wildman–Crippen LogP) is 1.95. The van der Waals surface area contributed by atoms with Crippen molar-refractivity contribution in [3.8, 4) is 0 Å². The van der Waals surface area contributed by atoms with Crippen LogP contribution in [0.2, 0.25) is 0 Å². The van der Waals surface area contributed by atoms with Crippen LogP contribution >= 0.6 is 0 Å². The average Bonchev–Trinajstić information content (AvgIpc) is 2.51. The normalized spacial score (nSPS) is 21.1. The minimum atomic E-state index is -0.00766. The highest BCUT2D eigenvalue weighted by atomic mass is 16.1. The quantitative estimate of drug-likeness (QED) is 0.727. The molecule has 1 heterocycles. The Hall–Kier alpha value is -0.700. The van der Waals surface area contributed by atoms with Crippen LogP contribution in [0.5, 0.6) is 0 Å². The summed E-state index contributed by atoms with van der Waals surface area (Å²) in [5, 5.41) is 3.23. The van der Waals surface area contributed by atoms with Gasteiger partial charge in [0.1, 0.15) is 11.6 Å². The number of ketones is 2. The van der Waals surface area contributed by atoms with Crippen molar-refractivity contribution in [1.29, 1.82) is 0 Å². The SMILES string of the molecule is CC(C)(C)CC(=O)CC(=O)CC1CCNC1. The van der Waals surface area contributed by atoms with Crippen molar-refractivity contribution in [3.05, 3.63) is 0 Å². The van der Waals surface area contributed by atoms with E-state index in [1.54, 1.807) is 0 Å². The Morgan fingerprint density at radius 2 is 1.94 bits per heavy atom. The standard InChI is InChI=1S/C13H23NO2/c1-13(2,3)8-12(16)7-11(15)6-10-4-5-14-9-10/h10,14H,4-9H2,1-3H3. The molecular weight excluding hydrogens is 202 g/mol. The molecule has 3 heteroatoms. The van der Waals surface area contributed by atoms with Crippen LogP contribution in [0.4, 0.5) is 0 Å². The number of hydrogen-bond acceptors (Lipinski definition) is 3. The fraction of sp³-hybridized carbons (Fsp3) is 0.846. The van der Waals surface area contributed by atoms with Gasteiger partial charge in [0.2, 0.25) is 0 Å². The average molecular weight is 225 g/mol. The molecule has 1 fully saturated rings. The van der Waals surface area contributed by atoms with Crippen molar-refractivity contribution in [2.45, 2.75) is 46.5 Å². The van der Waals surface area contributed by atoms with E-state index in [1.807, 2.05) is 20.8 Å². The maximum Gasteiger partial charge on any atom is 0.140 e. The van der Waals surface area contributed by atoms with Gasteiger partial charge in [0.15, 0.2) is 0 Å². The second-order valence-electron chi connectivity index (χ2n) is 6.05. The minimum Gasteiger partial charge on any atom is -0.316 e. The van der Waals surface area contributed by atoms with Gasteiger partial charge < -0.3 is 5.32 Å². The summed E-state index contributed by atoms with van der Waals surface area (Å²) in [4.78, 5) is 23.3. The van der Waals surface area contributed by atoms with Gasteiger partial charge in [0, 0.05) is 12.8 Å². The van der Waals surface area contributed by atoms with Gasteiger partial charge in [-0.3, -0.25) is 9.59 Å². The molecule has 0 aromatic carbocycles. The zero-order valence-electron chi connectivity index (χ0n) is 10.6. The lowest BCUT2D eigenvalue weighted by molar-refractivity contribution is -0.128. The fourth-order valence-electron chi connectivity index (χ4n) is 2.16. The molecule has 0 aliphatic carbocycles. The minimum absolute atomic E-state index is 0.00766. The molecule has 1 aliphatic rings. The molecule has 16 heavy (non-hydrogen) atoms. The number of carbonyl (C=O) groups excluding carboxylic acids is 2. The van der Waals surface area contributed by atoms with Crippen LogP contribution in [-0.2, 0) is 9.59 Å². The summed E-state index contributed by atoms with van der Waals surface area (Å²) in [5.41, 5.74) is -0.00766. The topological polar surface area (TPSA) is 46.2 Å². The molecule has 1 saturated heterocycles. The van der Waals surface area contributed by atoms with Crippen molar-refractivity contribution in [3.63, 3.8) is 0 Å². The molecular formula is C13H23NO2. The van der Waals surface area contributed by atoms with Crippen molar-refractivity contribution in [2.24, 2.45) is 11.3 Å². The molecule has 0 aromatic heterocycles. The second-order valence-corrected chi connectivity index (χ2v) is 6.05. The van der Waals surface area contributed by atoms with E-state index < -0.39 is 0 Å². The predicted molar refractivity (Wildman–Crippen MR) is 64.3 cm³/mol. The molecule has 1 atom stereocenters. The number of carbonyl (C=O) groups is 2. The highest BCUT2D eigenvalue weighted by molar-refractivity contribution is 5.99. The van der Waals surface area contributed by atoms with Crippen molar-refractivity contribution < 1.29 is 9.59 Å². The molecule has 0 saturated carbocycles. The lowest BCUT2D eigenvalue weighted by atomic mass is 9.88. The van der Waals surface area contributed by atoms with E-state index >= 15 is 0 Å². The van der Waals surface area contributed by atoms with Gasteiger partial charge >= 0.3 is 0 Å². The van der Waals surface area contributed by atoms with Crippen LogP contribution < -0.4 is 5.32 Å². The van der Waals surface area contributed by atoms with Gasteiger partial charge in [-0.15, -0.1) is 0 Å². The second kappa shape index (κ2) is 5.58. The summed E-state index contributed by atoms with van der Waals surface area (Å²) in [7, 11) is 0. The summed E-state index contributed by atoms with van der Waals surface area (Å²) in [6, 6.07) is 0. The third-order valence-corrected chi connectivity index (χ3v) is 2.80. The van der Waals surface area contributed by atoms with E-state index in [0.717, 1.165) is 19.5 Å². The molecule has 1 unspecified atom stereocenters. The number of hydrogen-bond donors (Lipinski definition) is 1. The number of Topliss-reactive ketones (excluding diaryl/α,β-unsaturated/α-hetero) is 2. The Morgan fingerprint density at radius 3 is 2.44 bits per heavy atom. The maximum atomic E-state index is 11.6. The molecule has 3 nitrogen and oxygen atoms in total. The molecule has 0 bridgehead atoms. The van der Waals surface area contributed by atoms with E-state index in [2.05, 4.69) is 5.32 Å². The third kappa shape index (κ3) is 5.40. The highest BCUT2D eigenvalue weighted by Crippen LogP contribution is 2.20. The monoisotopic (exact) mass is 225 g/mol. The first-order valence-electron chi connectivity index (χ1n) is 6.11. The van der Waals surface area contributed by atoms with Crippen LogP contribution in [0.3, 0.4) is 0 Å². The Morgan fingerprint density at radius 1 is 1.25 bits per heavy atom. The van der Waals surface area contributed by atoms with E-state index in [0.29, 0.717) is 18.8 Å². The highest BCUT2D eigenvalue weighted by Gasteiger charge is 2.22. The first-order valence-corrected chi connectivity index (χ1v) is 6.11. The molecule has 92 valence electrons. The molecule has 1 aliphatic heterocycles. The van der Waals surface area contributed by atoms with Gasteiger partial charge in [-0.25, -0.2) is 0 Å². The van der Waals surface area contributed by atoms with Crippen LogP contribution in [0.15, 0.2) is 0 Å². The number of nitrogens with one attached hydrogen (secondary N) is 1. The van der Waals surface area contributed by atoms with Crippen LogP contribution in [0.1, 0.15) is 46.5 Å². The van der Waals surface area contributed by atoms with Gasteiger partial charge in [0.05, 0.1) is 6.42 Å². The van der Waals surface area contributed by atoms with Crippen molar-refractivity contribution in [1.82, 2.24) is 5.32 Å². The van der Waals surface area contributed by atoms with E-state index in [9.17, 15) is 9.59 Å². The molecule has 0 amide bonds. The zero-order valence-corrected chi connectivity index (χ0v) is 10.6. The first kappa shape index (κ1) is 13.4. The van der Waals surface area contributed by atoms with Crippen molar-refractivity contribution >= 4 is 11.6 Å². The van der Waals surface area contributed by atoms with Crippen molar-refractivity contribution in [2.75, 3.05) is 13.1 Å². The largest absolute Gasteiger partial charge is 0.316 e. The van der Waals surface area contributed by atoms with Gasteiger partial charge in [-0.05, 0) is 30.8 Å². The summed E-state index contributed by atoms with van der Waals surface area (Å²) < 4.78 is 0. The molecule has 0 spiro atoms. The van der Waals surface area contributed by atoms with Gasteiger partial charge in [-0.1, -0.05) is 20.8 Å². The Balaban J connectivity index is 2.25. The Labute approximate surface area is 98.0 Å². The first-order chi connectivity index (χ1) is 7.37. The van der Waals surface area contributed by atoms with E-state index in [-0.39, 0.29) is 23.4 Å². The third-order valence-electron chi connectivity index (χ3n) is 2.80. The molecule has 0 radical (unpaired) electrons. The molecule has 1 rings (SSSR count). The van der Waals surface area contributed by atoms with Crippen LogP contribution in [0.25, 0.3) is 0 Å². The van der Waals surface area contributed by atoms with Gasteiger partial charge in [0.25, 0.3) is 0 Å². The summed E-state index contributed by atoms with van der Waals surface area (Å²) in [6.07, 6.45) is 2.28. The zero-order chi connectivity index (χ0) is 12.2. The molecule has 1 N–H and O–H groups in total. The van der Waals surface area contributed by atoms with E-state index in [1.165, 1.54) is 0 Å². The molecule has 0 aromatic rings. The Bertz CT molecular complexity index is 260. The smallest absolute Gasteiger partial charge is 0.140 e. The summed E-state index contributed by atoms with van der Waals surface area (Å²) in [6.45, 7) is 8.01. The van der Waals surface area contributed by atoms with E-state index in [4.69, 9.17) is 0 Å². The lowest BCUT2D eigenvalue weighted by Crippen LogP contribution is -2.18. The Kier molecular flexibility index (Phi) is 4.66. The lowest BCUT2D eigenvalue weighted by Gasteiger charge is -2.16. The number of rotatable bonds is 5. The fourth-order valence-corrected chi connectivity index (χ4v) is 2.16.